The number of halogens is 3. The lowest BCUT2D eigenvalue weighted by atomic mass is 10.2. The molecule has 1 saturated carbocycles. The Morgan fingerprint density at radius 3 is 2.31 bits per heavy atom. The number of nitrogens with one attached hydrogen (secondary N) is 2. The summed E-state index contributed by atoms with van der Waals surface area (Å²) < 4.78 is 60.3. The molecule has 1 aliphatic rings. The maximum Gasteiger partial charge on any atom is 0.402 e. The highest BCUT2D eigenvalue weighted by atomic mass is 32.2. The van der Waals surface area contributed by atoms with E-state index >= 15 is 0 Å². The summed E-state index contributed by atoms with van der Waals surface area (Å²) in [7, 11) is -4.20. The Morgan fingerprint density at radius 1 is 1.31 bits per heavy atom. The van der Waals surface area contributed by atoms with Crippen LogP contribution in [0.1, 0.15) is 12.8 Å². The van der Waals surface area contributed by atoms with Crippen molar-refractivity contribution < 1.29 is 26.7 Å². The SMILES string of the molecule is O=S(=O)(NCC(O)C1CC1)NCC(F)(F)F. The summed E-state index contributed by atoms with van der Waals surface area (Å²) in [5.74, 6) is 0.0605. The molecule has 16 heavy (non-hydrogen) atoms. The molecule has 96 valence electrons. The minimum atomic E-state index is -4.59. The summed E-state index contributed by atoms with van der Waals surface area (Å²) in [6.07, 6.45) is -3.79. The minimum absolute atomic E-state index is 0.0605. The van der Waals surface area contributed by atoms with E-state index in [1.54, 1.807) is 0 Å². The number of hydrogen-bond acceptors (Lipinski definition) is 3. The van der Waals surface area contributed by atoms with E-state index in [1.165, 1.54) is 4.72 Å². The second-order valence-corrected chi connectivity index (χ2v) is 5.28. The lowest BCUT2D eigenvalue weighted by molar-refractivity contribution is -0.121. The summed E-state index contributed by atoms with van der Waals surface area (Å²) >= 11 is 0. The number of rotatable bonds is 6. The maximum atomic E-state index is 11.7. The van der Waals surface area contributed by atoms with Gasteiger partial charge in [-0.25, -0.2) is 0 Å². The first kappa shape index (κ1) is 13.7. The zero-order valence-corrected chi connectivity index (χ0v) is 9.11. The van der Waals surface area contributed by atoms with Gasteiger partial charge in [0.05, 0.1) is 6.10 Å². The molecule has 5 nitrogen and oxygen atoms in total. The molecule has 0 aromatic heterocycles. The van der Waals surface area contributed by atoms with Crippen LogP contribution in [0.15, 0.2) is 0 Å². The highest BCUT2D eigenvalue weighted by Gasteiger charge is 2.32. The zero-order valence-electron chi connectivity index (χ0n) is 8.29. The van der Waals surface area contributed by atoms with Crippen molar-refractivity contribution in [3.63, 3.8) is 0 Å². The van der Waals surface area contributed by atoms with Crippen LogP contribution in [0.2, 0.25) is 0 Å². The molecule has 0 aliphatic heterocycles. The number of aliphatic hydroxyl groups is 1. The molecule has 0 aromatic carbocycles. The molecule has 1 unspecified atom stereocenters. The van der Waals surface area contributed by atoms with Gasteiger partial charge in [-0.15, -0.1) is 0 Å². The lowest BCUT2D eigenvalue weighted by Crippen LogP contribution is -2.44. The van der Waals surface area contributed by atoms with Crippen LogP contribution in [-0.4, -0.2) is 38.9 Å². The van der Waals surface area contributed by atoms with Crippen molar-refractivity contribution in [1.29, 1.82) is 0 Å². The van der Waals surface area contributed by atoms with Crippen LogP contribution in [0.3, 0.4) is 0 Å². The minimum Gasteiger partial charge on any atom is -0.391 e. The first-order chi connectivity index (χ1) is 7.20. The fourth-order valence-corrected chi connectivity index (χ4v) is 1.92. The van der Waals surface area contributed by atoms with Gasteiger partial charge in [0, 0.05) is 6.54 Å². The summed E-state index contributed by atoms with van der Waals surface area (Å²) in [4.78, 5) is 0. The third-order valence-corrected chi connectivity index (χ3v) is 3.18. The van der Waals surface area contributed by atoms with E-state index in [-0.39, 0.29) is 12.5 Å². The Labute approximate surface area is 91.2 Å². The fourth-order valence-electron chi connectivity index (χ4n) is 1.07. The van der Waals surface area contributed by atoms with E-state index in [4.69, 9.17) is 0 Å². The summed E-state index contributed by atoms with van der Waals surface area (Å²) in [5, 5.41) is 9.30. The Balaban J connectivity index is 2.28. The van der Waals surface area contributed by atoms with Gasteiger partial charge < -0.3 is 5.11 Å². The van der Waals surface area contributed by atoms with Crippen LogP contribution in [0.5, 0.6) is 0 Å². The van der Waals surface area contributed by atoms with E-state index in [1.807, 2.05) is 4.72 Å². The van der Waals surface area contributed by atoms with Crippen molar-refractivity contribution in [2.45, 2.75) is 25.1 Å². The molecule has 0 spiro atoms. The van der Waals surface area contributed by atoms with Crippen LogP contribution < -0.4 is 9.44 Å². The summed E-state index contributed by atoms with van der Waals surface area (Å²) in [6, 6.07) is 0. The standard InChI is InChI=1S/C7H13F3N2O3S/c8-7(9,10)4-12-16(14,15)11-3-6(13)5-1-2-5/h5-6,11-13H,1-4H2. The summed E-state index contributed by atoms with van der Waals surface area (Å²) in [5.41, 5.74) is 0. The predicted octanol–water partition coefficient (Wildman–Crippen LogP) is -0.256. The fraction of sp³-hybridized carbons (Fsp3) is 1.00. The second-order valence-electron chi connectivity index (χ2n) is 3.69. The molecule has 1 atom stereocenters. The van der Waals surface area contributed by atoms with E-state index in [0.29, 0.717) is 0 Å². The Morgan fingerprint density at radius 2 is 1.88 bits per heavy atom. The van der Waals surface area contributed by atoms with Crippen LogP contribution in [-0.2, 0) is 10.2 Å². The molecule has 0 saturated heterocycles. The molecule has 3 N–H and O–H groups in total. The van der Waals surface area contributed by atoms with Crippen molar-refractivity contribution in [2.75, 3.05) is 13.1 Å². The molecule has 0 bridgehead atoms. The molecule has 9 heteroatoms. The van der Waals surface area contributed by atoms with Crippen molar-refractivity contribution in [3.8, 4) is 0 Å². The van der Waals surface area contributed by atoms with E-state index in [0.717, 1.165) is 12.8 Å². The average Bonchev–Trinajstić information content (AvgIpc) is 2.93. The van der Waals surface area contributed by atoms with Gasteiger partial charge >= 0.3 is 6.18 Å². The van der Waals surface area contributed by atoms with Gasteiger partial charge in [-0.2, -0.15) is 31.0 Å². The normalized spacial score (nSPS) is 19.8. The van der Waals surface area contributed by atoms with Crippen molar-refractivity contribution in [2.24, 2.45) is 5.92 Å². The van der Waals surface area contributed by atoms with Gasteiger partial charge in [-0.3, -0.25) is 0 Å². The predicted molar refractivity (Wildman–Crippen MR) is 49.7 cm³/mol. The van der Waals surface area contributed by atoms with Gasteiger partial charge in [0.1, 0.15) is 6.54 Å². The third kappa shape index (κ3) is 5.64. The van der Waals surface area contributed by atoms with Gasteiger partial charge in [-0.05, 0) is 18.8 Å². The summed E-state index contributed by atoms with van der Waals surface area (Å²) in [6.45, 7) is -1.89. The van der Waals surface area contributed by atoms with E-state index in [9.17, 15) is 26.7 Å². The molecule has 1 rings (SSSR count). The molecule has 0 heterocycles. The third-order valence-electron chi connectivity index (χ3n) is 2.11. The van der Waals surface area contributed by atoms with Gasteiger partial charge in [0.25, 0.3) is 10.2 Å². The van der Waals surface area contributed by atoms with Crippen LogP contribution in [0.25, 0.3) is 0 Å². The number of alkyl halides is 3. The monoisotopic (exact) mass is 262 g/mol. The van der Waals surface area contributed by atoms with Gasteiger partial charge in [0.2, 0.25) is 0 Å². The molecule has 0 amide bonds. The molecular weight excluding hydrogens is 249 g/mol. The van der Waals surface area contributed by atoms with E-state index in [2.05, 4.69) is 0 Å². The average molecular weight is 262 g/mol. The number of aliphatic hydroxyl groups excluding tert-OH is 1. The van der Waals surface area contributed by atoms with Crippen LogP contribution in [0, 0.1) is 5.92 Å². The van der Waals surface area contributed by atoms with Crippen LogP contribution >= 0.6 is 0 Å². The van der Waals surface area contributed by atoms with E-state index < -0.39 is 29.0 Å². The molecule has 0 radical (unpaired) electrons. The van der Waals surface area contributed by atoms with Crippen LogP contribution in [0.4, 0.5) is 13.2 Å². The maximum absolute atomic E-state index is 11.7. The second kappa shape index (κ2) is 4.86. The van der Waals surface area contributed by atoms with Crippen molar-refractivity contribution in [3.05, 3.63) is 0 Å². The van der Waals surface area contributed by atoms with Gasteiger partial charge in [-0.1, -0.05) is 0 Å². The molecule has 1 aliphatic carbocycles. The first-order valence-electron chi connectivity index (χ1n) is 4.69. The highest BCUT2D eigenvalue weighted by molar-refractivity contribution is 7.87. The Bertz CT molecular complexity index is 326. The topological polar surface area (TPSA) is 78.4 Å². The number of hydrogen-bond donors (Lipinski definition) is 3. The Hall–Kier alpha value is -0.380. The smallest absolute Gasteiger partial charge is 0.391 e. The molecule has 1 fully saturated rings. The Kier molecular flexibility index (Phi) is 4.16. The lowest BCUT2D eigenvalue weighted by Gasteiger charge is -2.12. The van der Waals surface area contributed by atoms with Crippen molar-refractivity contribution >= 4 is 10.2 Å². The quantitative estimate of drug-likeness (QED) is 0.617. The van der Waals surface area contributed by atoms with Gasteiger partial charge in [0.15, 0.2) is 0 Å². The zero-order chi connectivity index (χ0) is 12.4. The largest absolute Gasteiger partial charge is 0.402 e. The van der Waals surface area contributed by atoms with Crippen molar-refractivity contribution in [1.82, 2.24) is 9.44 Å². The molecular formula is C7H13F3N2O3S. The molecule has 0 aromatic rings. The first-order valence-corrected chi connectivity index (χ1v) is 6.17. The highest BCUT2D eigenvalue weighted by Crippen LogP contribution is 2.32.